The minimum Gasteiger partial charge on any atom is -0.491 e. The molecule has 0 spiro atoms. The van der Waals surface area contributed by atoms with Crippen molar-refractivity contribution in [3.05, 3.63) is 106 Å². The number of aromatic nitrogens is 8. The van der Waals surface area contributed by atoms with Crippen molar-refractivity contribution in [3.8, 4) is 45.8 Å². The molecule has 2 fully saturated rings. The van der Waals surface area contributed by atoms with Gasteiger partial charge in [-0.1, -0.05) is 48.5 Å². The maximum absolute atomic E-state index is 13.0. The normalized spacial score (nSPS) is 18.8. The molecule has 8 aromatic rings. The van der Waals surface area contributed by atoms with E-state index in [-0.39, 0.29) is 58.5 Å². The van der Waals surface area contributed by atoms with Crippen LogP contribution < -0.4 is 39.4 Å². The minimum atomic E-state index is -4.27. The highest BCUT2D eigenvalue weighted by atomic mass is 35.5. The molecule has 0 aliphatic heterocycles. The molecule has 0 saturated heterocycles. The predicted octanol–water partition coefficient (Wildman–Crippen LogP) is 10.5. The average molecular weight is 1210 g/mol. The lowest BCUT2D eigenvalue weighted by Crippen LogP contribution is -2.39. The first-order valence-electron chi connectivity index (χ1n) is 26.1. The fourth-order valence-corrected chi connectivity index (χ4v) is 12.6. The number of hydrogen-bond donors (Lipinski definition) is 2. The molecule has 0 amide bonds. The Bertz CT molecular complexity index is 3200. The van der Waals surface area contributed by atoms with E-state index in [9.17, 15) is 26.3 Å². The summed E-state index contributed by atoms with van der Waals surface area (Å²) in [7, 11) is 13.3. The van der Waals surface area contributed by atoms with E-state index in [0.29, 0.717) is 79.8 Å². The monoisotopic (exact) mass is 1210 g/mol. The van der Waals surface area contributed by atoms with Crippen LogP contribution in [0.3, 0.4) is 0 Å². The lowest BCUT2D eigenvalue weighted by Gasteiger charge is -2.30. The number of rotatable bonds is 20. The van der Waals surface area contributed by atoms with Gasteiger partial charge in [-0.05, 0) is 48.9 Å². The molecule has 2 aliphatic carbocycles. The molecule has 2 N–H and O–H groups in total. The zero-order valence-corrected chi connectivity index (χ0v) is 49.1. The van der Waals surface area contributed by atoms with Crippen molar-refractivity contribution in [3.63, 3.8) is 0 Å². The summed E-state index contributed by atoms with van der Waals surface area (Å²) in [6, 6.07) is 23.2. The standard InChI is InChI=1S/2C28H31F3N6O3S.ClH/c2*1-37(25-20-11-19(13-28(29,30)31)41-27(20)34-15-33-25)22-9-18(10-23(22)38-2)32-14-16-5-7-17(8-6-16)21-12-24(39-3)26(40-4)36-35-21;/h2*5-8,11-12,15,18,22-23,32H,9-10,13-14H2,1-4H3;1H/t2*18-,22+,23-;/m11./s1. The van der Waals surface area contributed by atoms with Crippen LogP contribution in [-0.2, 0) is 35.4 Å². The first-order chi connectivity index (χ1) is 39.4. The van der Waals surface area contributed by atoms with Gasteiger partial charge in [0.05, 0.1) is 87.7 Å². The van der Waals surface area contributed by atoms with Gasteiger partial charge in [-0.2, -0.15) is 26.3 Å². The second kappa shape index (κ2) is 27.3. The number of anilines is 2. The van der Waals surface area contributed by atoms with Crippen LogP contribution in [0.5, 0.6) is 23.3 Å². The zero-order valence-electron chi connectivity index (χ0n) is 46.6. The number of thiophene rings is 2. The summed E-state index contributed by atoms with van der Waals surface area (Å²) in [6.45, 7) is 1.33. The minimum absolute atomic E-state index is 0. The van der Waals surface area contributed by atoms with E-state index < -0.39 is 25.2 Å². The maximum atomic E-state index is 13.0. The molecule has 83 heavy (non-hydrogen) atoms. The fourth-order valence-electron chi connectivity index (χ4n) is 10.5. The van der Waals surface area contributed by atoms with Gasteiger partial charge >= 0.3 is 12.4 Å². The van der Waals surface area contributed by atoms with Gasteiger partial charge in [-0.25, -0.2) is 19.9 Å². The highest BCUT2D eigenvalue weighted by molar-refractivity contribution is 7.19. The smallest absolute Gasteiger partial charge is 0.393 e. The van der Waals surface area contributed by atoms with E-state index >= 15 is 0 Å². The van der Waals surface area contributed by atoms with E-state index in [1.54, 1.807) is 52.7 Å². The van der Waals surface area contributed by atoms with Gasteiger partial charge in [-0.3, -0.25) is 0 Å². The van der Waals surface area contributed by atoms with E-state index in [1.165, 1.54) is 26.9 Å². The van der Waals surface area contributed by atoms with Gasteiger partial charge in [0.25, 0.3) is 11.8 Å². The Morgan fingerprint density at radius 1 is 0.518 bits per heavy atom. The molecule has 6 heterocycles. The van der Waals surface area contributed by atoms with Crippen LogP contribution in [0.1, 0.15) is 46.6 Å². The largest absolute Gasteiger partial charge is 0.491 e. The van der Waals surface area contributed by atoms with Crippen molar-refractivity contribution in [1.29, 1.82) is 0 Å². The zero-order chi connectivity index (χ0) is 58.3. The number of alkyl halides is 6. The Labute approximate surface area is 489 Å². The third-order valence-corrected chi connectivity index (χ3v) is 16.7. The van der Waals surface area contributed by atoms with Gasteiger partial charge in [0.15, 0.2) is 11.5 Å². The van der Waals surface area contributed by atoms with Crippen molar-refractivity contribution < 1.29 is 54.8 Å². The van der Waals surface area contributed by atoms with E-state index in [1.807, 2.05) is 72.4 Å². The number of nitrogens with one attached hydrogen (secondary N) is 2. The summed E-state index contributed by atoms with van der Waals surface area (Å²) in [5.41, 5.74) is 5.41. The van der Waals surface area contributed by atoms with Crippen LogP contribution >= 0.6 is 35.1 Å². The Balaban J connectivity index is 0.000000214. The number of methoxy groups -OCH3 is 6. The van der Waals surface area contributed by atoms with Crippen LogP contribution in [0.4, 0.5) is 38.0 Å². The fraction of sp³-hybridized carbons (Fsp3) is 0.429. The second-order valence-corrected chi connectivity index (χ2v) is 22.1. The quantitative estimate of drug-likeness (QED) is 0.0685. The second-order valence-electron chi connectivity index (χ2n) is 19.9. The predicted molar refractivity (Wildman–Crippen MR) is 308 cm³/mol. The number of ether oxygens (including phenoxy) is 6. The van der Waals surface area contributed by atoms with Crippen LogP contribution in [0.25, 0.3) is 42.9 Å². The first-order valence-corrected chi connectivity index (χ1v) is 27.7. The lowest BCUT2D eigenvalue weighted by atomic mass is 10.1. The van der Waals surface area contributed by atoms with Crippen molar-refractivity contribution in [1.82, 2.24) is 51.0 Å². The molecule has 0 unspecified atom stereocenters. The number of hydrogen-bond acceptors (Lipinski definition) is 20. The summed E-state index contributed by atoms with van der Waals surface area (Å²) in [5.74, 6) is 2.91. The number of nitrogens with zero attached hydrogens (tertiary/aromatic N) is 10. The summed E-state index contributed by atoms with van der Waals surface area (Å²) in [4.78, 5) is 22.9. The highest BCUT2D eigenvalue weighted by Crippen LogP contribution is 2.39. The molecule has 444 valence electrons. The van der Waals surface area contributed by atoms with Crippen molar-refractivity contribution in [2.24, 2.45) is 0 Å². The molecule has 2 saturated carbocycles. The first kappa shape index (κ1) is 62.2. The topological polar surface area (TPSA) is 189 Å². The summed E-state index contributed by atoms with van der Waals surface area (Å²) < 4.78 is 111. The van der Waals surface area contributed by atoms with Crippen LogP contribution in [0.15, 0.2) is 85.5 Å². The summed E-state index contributed by atoms with van der Waals surface area (Å²) >= 11 is 2.11. The molecule has 6 aromatic heterocycles. The SMILES string of the molecule is COc1cc(-c2ccc(CN[C@H]3C[C@@H](OC)[C@@H](N(C)c4ncnc5sc(CC(F)(F)F)cc45)C3)cc2)nnc1OC.COc1cc(-c2ccc(CN[C@H]3C[C@@H](OC)[C@@H](N(C)c4ncnc5sc(CC(F)(F)F)cc45)C3)cc2)nnc1OC.Cl. The van der Waals surface area contributed by atoms with Crippen LogP contribution in [-0.4, -0.2) is 146 Å². The van der Waals surface area contributed by atoms with E-state index in [0.717, 1.165) is 70.6 Å². The number of halogens is 7. The summed E-state index contributed by atoms with van der Waals surface area (Å²) in [6.07, 6.45) is -4.65. The molecule has 2 aromatic carbocycles. The van der Waals surface area contributed by atoms with Crippen LogP contribution in [0.2, 0.25) is 0 Å². The summed E-state index contributed by atoms with van der Waals surface area (Å²) in [5, 5.41) is 25.1. The lowest BCUT2D eigenvalue weighted by molar-refractivity contribution is -0.127. The molecular formula is C56H63ClF6N12O6S2. The van der Waals surface area contributed by atoms with Gasteiger partial charge in [-0.15, -0.1) is 55.5 Å². The average Bonchev–Trinajstić information content (AvgIpc) is 4.50. The maximum Gasteiger partial charge on any atom is 0.393 e. The van der Waals surface area contributed by atoms with Crippen molar-refractivity contribution in [2.45, 2.75) is 100 Å². The molecular weight excluding hydrogens is 1150 g/mol. The van der Waals surface area contributed by atoms with Crippen molar-refractivity contribution in [2.75, 3.05) is 66.6 Å². The molecule has 27 heteroatoms. The highest BCUT2D eigenvalue weighted by Gasteiger charge is 2.40. The number of fused-ring (bicyclic) bond motifs is 2. The molecule has 10 rings (SSSR count). The Kier molecular flexibility index (Phi) is 20.5. The van der Waals surface area contributed by atoms with E-state index in [4.69, 9.17) is 28.4 Å². The van der Waals surface area contributed by atoms with Gasteiger partial charge in [0, 0.05) is 86.5 Å². The van der Waals surface area contributed by atoms with Crippen molar-refractivity contribution >= 4 is 67.1 Å². The molecule has 6 atom stereocenters. The molecule has 2 aliphatic rings. The number of benzene rings is 2. The van der Waals surface area contributed by atoms with Gasteiger partial charge < -0.3 is 48.9 Å². The van der Waals surface area contributed by atoms with Gasteiger partial charge in [0.2, 0.25) is 0 Å². The molecule has 18 nitrogen and oxygen atoms in total. The Morgan fingerprint density at radius 2 is 0.904 bits per heavy atom. The Morgan fingerprint density at radius 3 is 1.24 bits per heavy atom. The third kappa shape index (κ3) is 15.1. The van der Waals surface area contributed by atoms with Crippen LogP contribution in [0, 0.1) is 0 Å². The van der Waals surface area contributed by atoms with E-state index in [2.05, 4.69) is 51.0 Å². The Hall–Kier alpha value is -6.81. The number of likely N-dealkylation sites (N-methyl/N-ethyl adjacent to an activating group) is 2. The molecule has 0 radical (unpaired) electrons. The van der Waals surface area contributed by atoms with Gasteiger partial charge in [0.1, 0.15) is 34.0 Å². The third-order valence-electron chi connectivity index (χ3n) is 14.7. The molecule has 0 bridgehead atoms.